The van der Waals surface area contributed by atoms with Crippen LogP contribution in [0.3, 0.4) is 0 Å². The lowest BCUT2D eigenvalue weighted by Crippen LogP contribution is -2.35. The molecule has 0 spiro atoms. The van der Waals surface area contributed by atoms with Crippen molar-refractivity contribution in [1.82, 2.24) is 5.32 Å². The number of ether oxygens (including phenoxy) is 2. The summed E-state index contributed by atoms with van der Waals surface area (Å²) in [5.41, 5.74) is 1.04. The summed E-state index contributed by atoms with van der Waals surface area (Å²) in [6.45, 7) is 1.58. The lowest BCUT2D eigenvalue weighted by Gasteiger charge is -2.23. The molecule has 2 unspecified atom stereocenters. The van der Waals surface area contributed by atoms with Crippen LogP contribution in [-0.2, 0) is 10.8 Å². The van der Waals surface area contributed by atoms with E-state index in [-0.39, 0.29) is 5.25 Å². The maximum atomic E-state index is 11.9. The van der Waals surface area contributed by atoms with Gasteiger partial charge in [0.2, 0.25) is 0 Å². The highest BCUT2D eigenvalue weighted by molar-refractivity contribution is 7.85. The summed E-state index contributed by atoms with van der Waals surface area (Å²) in [6, 6.07) is 5.73. The third-order valence-corrected chi connectivity index (χ3v) is 4.59. The second-order valence-electron chi connectivity index (χ2n) is 3.89. The van der Waals surface area contributed by atoms with E-state index >= 15 is 0 Å². The number of rotatable bonds is 3. The van der Waals surface area contributed by atoms with Crippen molar-refractivity contribution in [3.8, 4) is 11.5 Å². The van der Waals surface area contributed by atoms with Gasteiger partial charge < -0.3 is 14.8 Å². The van der Waals surface area contributed by atoms with Crippen LogP contribution >= 0.6 is 0 Å². The Morgan fingerprint density at radius 1 is 1.29 bits per heavy atom. The molecule has 2 atom stereocenters. The van der Waals surface area contributed by atoms with Gasteiger partial charge in [-0.25, -0.2) is 0 Å². The monoisotopic (exact) mass is 255 g/mol. The van der Waals surface area contributed by atoms with E-state index in [2.05, 4.69) is 5.32 Å². The van der Waals surface area contributed by atoms with Crippen molar-refractivity contribution in [3.63, 3.8) is 0 Å². The molecule has 0 aliphatic carbocycles. The molecule has 4 nitrogen and oxygen atoms in total. The molecule has 2 rings (SSSR count). The Bertz CT molecular complexity index is 422. The van der Waals surface area contributed by atoms with E-state index in [9.17, 15) is 4.21 Å². The fraction of sp³-hybridized carbons (Fsp3) is 0.500. The summed E-state index contributed by atoms with van der Waals surface area (Å²) in [7, 11) is 2.41. The van der Waals surface area contributed by atoms with Gasteiger partial charge in [0.15, 0.2) is 11.5 Å². The van der Waals surface area contributed by atoms with Gasteiger partial charge in [0.25, 0.3) is 0 Å². The predicted molar refractivity (Wildman–Crippen MR) is 68.2 cm³/mol. The van der Waals surface area contributed by atoms with Gasteiger partial charge in [-0.3, -0.25) is 4.21 Å². The van der Waals surface area contributed by atoms with Crippen LogP contribution in [0.15, 0.2) is 18.2 Å². The molecule has 1 N–H and O–H groups in total. The standard InChI is InChI=1S/C12H17NO3S/c1-15-10-4-3-9(7-11(10)16-2)12-8-13-5-6-17(12)14/h3-4,7,12-13H,5-6,8H2,1-2H3. The third-order valence-electron chi connectivity index (χ3n) is 2.91. The minimum absolute atomic E-state index is 0.0450. The first-order valence-electron chi connectivity index (χ1n) is 5.56. The molecule has 1 aliphatic rings. The predicted octanol–water partition coefficient (Wildman–Crippen LogP) is 1.10. The highest BCUT2D eigenvalue weighted by atomic mass is 32.2. The number of benzene rings is 1. The number of hydrogen-bond acceptors (Lipinski definition) is 4. The normalized spacial score (nSPS) is 24.4. The summed E-state index contributed by atoms with van der Waals surface area (Å²) in [4.78, 5) is 0. The highest BCUT2D eigenvalue weighted by Gasteiger charge is 2.23. The second kappa shape index (κ2) is 5.51. The van der Waals surface area contributed by atoms with Crippen molar-refractivity contribution in [1.29, 1.82) is 0 Å². The molecule has 0 saturated carbocycles. The van der Waals surface area contributed by atoms with Gasteiger partial charge in [-0.1, -0.05) is 6.07 Å². The van der Waals surface area contributed by atoms with Crippen LogP contribution < -0.4 is 14.8 Å². The Hall–Kier alpha value is -1.07. The fourth-order valence-corrected chi connectivity index (χ4v) is 3.35. The Morgan fingerprint density at radius 3 is 2.71 bits per heavy atom. The quantitative estimate of drug-likeness (QED) is 0.878. The third kappa shape index (κ3) is 2.61. The van der Waals surface area contributed by atoms with Gasteiger partial charge in [-0.05, 0) is 17.7 Å². The van der Waals surface area contributed by atoms with E-state index < -0.39 is 10.8 Å². The Morgan fingerprint density at radius 2 is 2.06 bits per heavy atom. The lowest BCUT2D eigenvalue weighted by molar-refractivity contribution is 0.354. The average Bonchev–Trinajstić information content (AvgIpc) is 2.38. The summed E-state index contributed by atoms with van der Waals surface area (Å²) in [5, 5.41) is 3.31. The van der Waals surface area contributed by atoms with Gasteiger partial charge in [-0.2, -0.15) is 0 Å². The summed E-state index contributed by atoms with van der Waals surface area (Å²) >= 11 is 0. The Kier molecular flexibility index (Phi) is 4.02. The molecule has 1 aromatic carbocycles. The largest absolute Gasteiger partial charge is 0.493 e. The molecule has 0 amide bonds. The maximum absolute atomic E-state index is 11.9. The maximum Gasteiger partial charge on any atom is 0.161 e. The highest BCUT2D eigenvalue weighted by Crippen LogP contribution is 2.32. The first kappa shape index (κ1) is 12.4. The van der Waals surface area contributed by atoms with Gasteiger partial charge in [0.05, 0.1) is 19.5 Å². The summed E-state index contributed by atoms with van der Waals surface area (Å²) in [5.74, 6) is 2.09. The smallest absolute Gasteiger partial charge is 0.161 e. The minimum Gasteiger partial charge on any atom is -0.493 e. The molecular formula is C12H17NO3S. The zero-order chi connectivity index (χ0) is 12.3. The topological polar surface area (TPSA) is 47.6 Å². The Balaban J connectivity index is 2.29. The van der Waals surface area contributed by atoms with Crippen molar-refractivity contribution >= 4 is 10.8 Å². The molecule has 5 heteroatoms. The van der Waals surface area contributed by atoms with Crippen molar-refractivity contribution < 1.29 is 13.7 Å². The zero-order valence-electron chi connectivity index (χ0n) is 10.1. The van der Waals surface area contributed by atoms with E-state index in [1.54, 1.807) is 14.2 Å². The van der Waals surface area contributed by atoms with Crippen LogP contribution in [0.5, 0.6) is 11.5 Å². The molecular weight excluding hydrogens is 238 g/mol. The molecule has 1 fully saturated rings. The van der Waals surface area contributed by atoms with Crippen molar-refractivity contribution in [2.45, 2.75) is 5.25 Å². The van der Waals surface area contributed by atoms with Crippen molar-refractivity contribution in [2.24, 2.45) is 0 Å². The molecule has 1 aliphatic heterocycles. The van der Waals surface area contributed by atoms with E-state index in [1.807, 2.05) is 18.2 Å². The first-order valence-corrected chi connectivity index (χ1v) is 6.94. The number of methoxy groups -OCH3 is 2. The van der Waals surface area contributed by atoms with Crippen molar-refractivity contribution in [3.05, 3.63) is 23.8 Å². The average molecular weight is 255 g/mol. The van der Waals surface area contributed by atoms with Gasteiger partial charge in [-0.15, -0.1) is 0 Å². The molecule has 1 aromatic rings. The minimum atomic E-state index is -0.807. The van der Waals surface area contributed by atoms with Crippen LogP contribution in [0, 0.1) is 0 Å². The lowest BCUT2D eigenvalue weighted by atomic mass is 10.1. The van der Waals surface area contributed by atoms with E-state index in [1.165, 1.54) is 0 Å². The molecule has 0 aromatic heterocycles. The summed E-state index contributed by atoms with van der Waals surface area (Å²) < 4.78 is 22.4. The van der Waals surface area contributed by atoms with Crippen molar-refractivity contribution in [2.75, 3.05) is 33.1 Å². The summed E-state index contributed by atoms with van der Waals surface area (Å²) in [6.07, 6.45) is 0. The van der Waals surface area contributed by atoms with Crippen LogP contribution in [0.2, 0.25) is 0 Å². The second-order valence-corrected chi connectivity index (χ2v) is 5.63. The van der Waals surface area contributed by atoms with Gasteiger partial charge in [0, 0.05) is 29.6 Å². The van der Waals surface area contributed by atoms with Gasteiger partial charge in [0.1, 0.15) is 0 Å². The molecule has 17 heavy (non-hydrogen) atoms. The number of hydrogen-bond donors (Lipinski definition) is 1. The van der Waals surface area contributed by atoms with Crippen LogP contribution in [0.4, 0.5) is 0 Å². The fourth-order valence-electron chi connectivity index (χ4n) is 1.96. The number of nitrogens with one attached hydrogen (secondary N) is 1. The van der Waals surface area contributed by atoms with Crippen LogP contribution in [-0.4, -0.2) is 37.3 Å². The van der Waals surface area contributed by atoms with Crippen LogP contribution in [0.1, 0.15) is 10.8 Å². The van der Waals surface area contributed by atoms with E-state index in [4.69, 9.17) is 9.47 Å². The molecule has 1 saturated heterocycles. The molecule has 1 heterocycles. The van der Waals surface area contributed by atoms with Crippen LogP contribution in [0.25, 0.3) is 0 Å². The molecule has 0 radical (unpaired) electrons. The molecule has 94 valence electrons. The first-order chi connectivity index (χ1) is 8.26. The van der Waals surface area contributed by atoms with E-state index in [0.717, 1.165) is 18.7 Å². The van der Waals surface area contributed by atoms with E-state index in [0.29, 0.717) is 17.3 Å². The molecule has 0 bridgehead atoms. The van der Waals surface area contributed by atoms with Gasteiger partial charge >= 0.3 is 0 Å². The SMILES string of the molecule is COc1ccc(C2CNCCS2=O)cc1OC. The Labute approximate surface area is 104 Å². The zero-order valence-corrected chi connectivity index (χ0v) is 10.9.